The van der Waals surface area contributed by atoms with Gasteiger partial charge in [-0.05, 0) is 43.5 Å². The summed E-state index contributed by atoms with van der Waals surface area (Å²) >= 11 is 0. The van der Waals surface area contributed by atoms with Gasteiger partial charge in [-0.15, -0.1) is 0 Å². The maximum Gasteiger partial charge on any atom is 0.134 e. The quantitative estimate of drug-likeness (QED) is 0.925. The fourth-order valence-corrected chi connectivity index (χ4v) is 3.18. The van der Waals surface area contributed by atoms with E-state index in [2.05, 4.69) is 30.9 Å². The topological polar surface area (TPSA) is 42.4 Å². The van der Waals surface area contributed by atoms with E-state index >= 15 is 0 Å². The van der Waals surface area contributed by atoms with E-state index in [4.69, 9.17) is 10.2 Å². The molecule has 21 heavy (non-hydrogen) atoms. The zero-order valence-corrected chi connectivity index (χ0v) is 13.1. The standard InChI is InChI=1S/C18H26N2O/c1-3-18(2)8-10-20(11-9-18)13-15(19)17-12-14-6-4-5-7-16(14)21-17/h4-7,12,15H,3,8-11,13,19H2,1-2H3. The molecule has 0 bridgehead atoms. The maximum absolute atomic E-state index is 6.35. The van der Waals surface area contributed by atoms with Crippen LogP contribution in [0.25, 0.3) is 11.0 Å². The van der Waals surface area contributed by atoms with Crippen molar-refractivity contribution in [3.8, 4) is 0 Å². The van der Waals surface area contributed by atoms with Crippen molar-refractivity contribution in [2.45, 2.75) is 39.2 Å². The number of nitrogens with two attached hydrogens (primary N) is 1. The summed E-state index contributed by atoms with van der Waals surface area (Å²) in [4.78, 5) is 2.48. The van der Waals surface area contributed by atoms with Gasteiger partial charge in [0.05, 0.1) is 6.04 Å². The first-order chi connectivity index (χ1) is 10.1. The molecule has 0 spiro atoms. The van der Waals surface area contributed by atoms with Gasteiger partial charge >= 0.3 is 0 Å². The van der Waals surface area contributed by atoms with Gasteiger partial charge in [-0.25, -0.2) is 0 Å². The van der Waals surface area contributed by atoms with E-state index in [1.165, 1.54) is 19.3 Å². The van der Waals surface area contributed by atoms with Gasteiger partial charge in [0, 0.05) is 11.9 Å². The average molecular weight is 286 g/mol. The second kappa shape index (κ2) is 5.82. The summed E-state index contributed by atoms with van der Waals surface area (Å²) in [5.41, 5.74) is 7.81. The highest BCUT2D eigenvalue weighted by Gasteiger charge is 2.29. The van der Waals surface area contributed by atoms with Crippen LogP contribution in [0.4, 0.5) is 0 Å². The molecule has 1 aromatic carbocycles. The molecule has 1 aliphatic rings. The Labute approximate surface area is 127 Å². The van der Waals surface area contributed by atoms with E-state index in [1.807, 2.05) is 18.2 Å². The van der Waals surface area contributed by atoms with Crippen LogP contribution in [0.5, 0.6) is 0 Å². The second-order valence-corrected chi connectivity index (χ2v) is 6.76. The molecule has 1 unspecified atom stereocenters. The molecule has 114 valence electrons. The molecule has 3 nitrogen and oxygen atoms in total. The largest absolute Gasteiger partial charge is 0.459 e. The first-order valence-corrected chi connectivity index (χ1v) is 8.06. The minimum absolute atomic E-state index is 0.0385. The molecule has 0 aliphatic carbocycles. The maximum atomic E-state index is 6.35. The monoisotopic (exact) mass is 286 g/mol. The van der Waals surface area contributed by atoms with Crippen molar-refractivity contribution in [2.24, 2.45) is 11.1 Å². The number of rotatable bonds is 4. The minimum atomic E-state index is -0.0385. The van der Waals surface area contributed by atoms with Crippen LogP contribution in [0, 0.1) is 5.41 Å². The molecule has 2 heterocycles. The first-order valence-electron chi connectivity index (χ1n) is 8.06. The Morgan fingerprint density at radius 1 is 1.29 bits per heavy atom. The Balaban J connectivity index is 1.63. The zero-order valence-electron chi connectivity index (χ0n) is 13.1. The Bertz CT molecular complexity index is 563. The van der Waals surface area contributed by atoms with Crippen LogP contribution in [0.3, 0.4) is 0 Å². The molecular weight excluding hydrogens is 260 g/mol. The molecule has 2 N–H and O–H groups in total. The van der Waals surface area contributed by atoms with Crippen molar-refractivity contribution in [1.82, 2.24) is 4.90 Å². The normalized spacial score (nSPS) is 20.7. The number of hydrogen-bond acceptors (Lipinski definition) is 3. The van der Waals surface area contributed by atoms with Gasteiger partial charge in [0.1, 0.15) is 11.3 Å². The minimum Gasteiger partial charge on any atom is -0.459 e. The van der Waals surface area contributed by atoms with Crippen LogP contribution in [0.15, 0.2) is 34.7 Å². The van der Waals surface area contributed by atoms with Crippen LogP contribution in [-0.4, -0.2) is 24.5 Å². The number of hydrogen-bond donors (Lipinski definition) is 1. The van der Waals surface area contributed by atoms with Crippen LogP contribution < -0.4 is 5.73 Å². The second-order valence-electron chi connectivity index (χ2n) is 6.76. The summed E-state index contributed by atoms with van der Waals surface area (Å²) < 4.78 is 5.88. The van der Waals surface area contributed by atoms with Crippen molar-refractivity contribution in [2.75, 3.05) is 19.6 Å². The number of para-hydroxylation sites is 1. The Hall–Kier alpha value is -1.32. The van der Waals surface area contributed by atoms with Gasteiger partial charge in [-0.1, -0.05) is 38.5 Å². The van der Waals surface area contributed by atoms with E-state index in [-0.39, 0.29) is 6.04 Å². The molecule has 1 saturated heterocycles. The molecule has 3 rings (SSSR count). The lowest BCUT2D eigenvalue weighted by molar-refractivity contribution is 0.108. The number of likely N-dealkylation sites (tertiary alicyclic amines) is 1. The molecule has 1 aromatic heterocycles. The third kappa shape index (κ3) is 3.14. The molecule has 2 aromatic rings. The summed E-state index contributed by atoms with van der Waals surface area (Å²) in [6, 6.07) is 10.1. The Kier molecular flexibility index (Phi) is 4.05. The molecule has 0 saturated carbocycles. The van der Waals surface area contributed by atoms with E-state index in [9.17, 15) is 0 Å². The van der Waals surface area contributed by atoms with Gasteiger partial charge in [0.25, 0.3) is 0 Å². The molecule has 3 heteroatoms. The molecule has 1 fully saturated rings. The highest BCUT2D eigenvalue weighted by Crippen LogP contribution is 2.34. The van der Waals surface area contributed by atoms with Crippen molar-refractivity contribution >= 4 is 11.0 Å². The molecule has 1 aliphatic heterocycles. The summed E-state index contributed by atoms with van der Waals surface area (Å²) in [6.07, 6.45) is 3.82. The van der Waals surface area contributed by atoms with E-state index < -0.39 is 0 Å². The molecular formula is C18H26N2O. The van der Waals surface area contributed by atoms with Crippen LogP contribution in [-0.2, 0) is 0 Å². The van der Waals surface area contributed by atoms with Crippen LogP contribution >= 0.6 is 0 Å². The molecule has 1 atom stereocenters. The number of fused-ring (bicyclic) bond motifs is 1. The summed E-state index contributed by atoms with van der Waals surface area (Å²) in [5, 5.41) is 1.14. The van der Waals surface area contributed by atoms with Gasteiger partial charge < -0.3 is 15.1 Å². The predicted molar refractivity (Wildman–Crippen MR) is 87.2 cm³/mol. The number of benzene rings is 1. The Morgan fingerprint density at radius 2 is 2.00 bits per heavy atom. The van der Waals surface area contributed by atoms with E-state index in [0.717, 1.165) is 36.4 Å². The summed E-state index contributed by atoms with van der Waals surface area (Å²) in [7, 11) is 0. The first kappa shape index (κ1) is 14.6. The van der Waals surface area contributed by atoms with Gasteiger partial charge in [-0.2, -0.15) is 0 Å². The lowest BCUT2D eigenvalue weighted by atomic mass is 9.78. The van der Waals surface area contributed by atoms with Crippen molar-refractivity contribution in [3.63, 3.8) is 0 Å². The third-order valence-corrected chi connectivity index (χ3v) is 5.18. The predicted octanol–water partition coefficient (Wildman–Crippen LogP) is 3.94. The van der Waals surface area contributed by atoms with Crippen LogP contribution in [0.1, 0.15) is 44.9 Å². The summed E-state index contributed by atoms with van der Waals surface area (Å²) in [5.74, 6) is 0.903. The lowest BCUT2D eigenvalue weighted by Gasteiger charge is -2.39. The van der Waals surface area contributed by atoms with Crippen LogP contribution in [0.2, 0.25) is 0 Å². The van der Waals surface area contributed by atoms with Gasteiger partial charge in [0.15, 0.2) is 0 Å². The summed E-state index contributed by atoms with van der Waals surface area (Å²) in [6.45, 7) is 7.90. The fraction of sp³-hybridized carbons (Fsp3) is 0.556. The van der Waals surface area contributed by atoms with E-state index in [0.29, 0.717) is 5.41 Å². The SMILES string of the molecule is CCC1(C)CCN(CC(N)c2cc3ccccc3o2)CC1. The van der Waals surface area contributed by atoms with Crippen molar-refractivity contribution in [1.29, 1.82) is 0 Å². The molecule has 0 radical (unpaired) electrons. The fourth-order valence-electron chi connectivity index (χ4n) is 3.18. The smallest absolute Gasteiger partial charge is 0.134 e. The number of furan rings is 1. The van der Waals surface area contributed by atoms with Gasteiger partial charge in [-0.3, -0.25) is 0 Å². The van der Waals surface area contributed by atoms with E-state index in [1.54, 1.807) is 0 Å². The molecule has 0 amide bonds. The number of nitrogens with zero attached hydrogens (tertiary/aromatic N) is 1. The highest BCUT2D eigenvalue weighted by atomic mass is 16.3. The third-order valence-electron chi connectivity index (χ3n) is 5.18. The Morgan fingerprint density at radius 3 is 2.67 bits per heavy atom. The van der Waals surface area contributed by atoms with Crippen molar-refractivity contribution in [3.05, 3.63) is 36.1 Å². The number of piperidine rings is 1. The lowest BCUT2D eigenvalue weighted by Crippen LogP contribution is -2.41. The van der Waals surface area contributed by atoms with Gasteiger partial charge in [0.2, 0.25) is 0 Å². The highest BCUT2D eigenvalue weighted by molar-refractivity contribution is 5.77. The van der Waals surface area contributed by atoms with Crippen molar-refractivity contribution < 1.29 is 4.42 Å². The average Bonchev–Trinajstić information content (AvgIpc) is 2.94. The zero-order chi connectivity index (χ0) is 14.9.